The van der Waals surface area contributed by atoms with Crippen LogP contribution in [0.5, 0.6) is 0 Å². The van der Waals surface area contributed by atoms with Crippen LogP contribution < -0.4 is 5.32 Å². The Morgan fingerprint density at radius 3 is 2.84 bits per heavy atom. The maximum Gasteiger partial charge on any atom is 0.245 e. The van der Waals surface area contributed by atoms with Gasteiger partial charge in [-0.25, -0.2) is 0 Å². The SMILES string of the molecule is C=CCCOCCN1CCC(=O)NC(C2CC2)C1=O. The maximum absolute atomic E-state index is 12.3. The van der Waals surface area contributed by atoms with Crippen LogP contribution in [-0.4, -0.2) is 49.1 Å². The lowest BCUT2D eigenvalue weighted by Gasteiger charge is -2.23. The van der Waals surface area contributed by atoms with Crippen LogP contribution in [0.3, 0.4) is 0 Å². The highest BCUT2D eigenvalue weighted by Crippen LogP contribution is 2.34. The molecule has 0 bridgehead atoms. The van der Waals surface area contributed by atoms with Gasteiger partial charge in [0.2, 0.25) is 11.8 Å². The van der Waals surface area contributed by atoms with Crippen molar-refractivity contribution in [3.63, 3.8) is 0 Å². The number of hydrogen-bond acceptors (Lipinski definition) is 3. The number of amides is 2. The second-order valence-electron chi connectivity index (χ2n) is 5.15. The lowest BCUT2D eigenvalue weighted by Crippen LogP contribution is -2.46. The van der Waals surface area contributed by atoms with Crippen molar-refractivity contribution in [1.82, 2.24) is 10.2 Å². The molecule has 0 aromatic carbocycles. The van der Waals surface area contributed by atoms with Gasteiger partial charge in [-0.2, -0.15) is 0 Å². The second-order valence-corrected chi connectivity index (χ2v) is 5.15. The van der Waals surface area contributed by atoms with E-state index in [0.717, 1.165) is 19.3 Å². The van der Waals surface area contributed by atoms with Crippen LogP contribution in [0.1, 0.15) is 25.7 Å². The first-order valence-electron chi connectivity index (χ1n) is 6.99. The zero-order valence-electron chi connectivity index (χ0n) is 11.3. The van der Waals surface area contributed by atoms with Crippen molar-refractivity contribution in [2.24, 2.45) is 5.92 Å². The molecule has 5 heteroatoms. The third-order valence-corrected chi connectivity index (χ3v) is 3.57. The molecule has 0 aromatic heterocycles. The summed E-state index contributed by atoms with van der Waals surface area (Å²) in [6.07, 6.45) is 5.10. The number of carbonyl (C=O) groups is 2. The number of nitrogens with zero attached hydrogens (tertiary/aromatic N) is 1. The summed E-state index contributed by atoms with van der Waals surface area (Å²) in [6, 6.07) is -0.303. The van der Waals surface area contributed by atoms with E-state index >= 15 is 0 Å². The average molecular weight is 266 g/mol. The van der Waals surface area contributed by atoms with E-state index in [0.29, 0.717) is 38.6 Å². The van der Waals surface area contributed by atoms with E-state index in [1.54, 1.807) is 4.90 Å². The van der Waals surface area contributed by atoms with Gasteiger partial charge < -0.3 is 15.0 Å². The van der Waals surface area contributed by atoms with E-state index in [4.69, 9.17) is 4.74 Å². The molecule has 1 aliphatic heterocycles. The first-order valence-corrected chi connectivity index (χ1v) is 6.99. The van der Waals surface area contributed by atoms with Gasteiger partial charge in [-0.15, -0.1) is 6.58 Å². The Labute approximate surface area is 114 Å². The molecule has 2 fully saturated rings. The Kier molecular flexibility index (Phi) is 4.96. The van der Waals surface area contributed by atoms with E-state index in [1.165, 1.54) is 0 Å². The zero-order valence-corrected chi connectivity index (χ0v) is 11.3. The van der Waals surface area contributed by atoms with Crippen LogP contribution in [-0.2, 0) is 14.3 Å². The summed E-state index contributed by atoms with van der Waals surface area (Å²) >= 11 is 0. The van der Waals surface area contributed by atoms with Gasteiger partial charge in [-0.05, 0) is 25.2 Å². The summed E-state index contributed by atoms with van der Waals surface area (Å²) in [5.74, 6) is 0.389. The van der Waals surface area contributed by atoms with Gasteiger partial charge in [0.05, 0.1) is 13.2 Å². The minimum atomic E-state index is -0.303. The van der Waals surface area contributed by atoms with E-state index < -0.39 is 0 Å². The standard InChI is InChI=1S/C14H22N2O3/c1-2-3-9-19-10-8-16-7-6-12(17)15-13(14(16)18)11-4-5-11/h2,11,13H,1,3-10H2,(H,15,17). The summed E-state index contributed by atoms with van der Waals surface area (Å²) in [5.41, 5.74) is 0. The molecule has 19 heavy (non-hydrogen) atoms. The smallest absolute Gasteiger partial charge is 0.245 e. The van der Waals surface area contributed by atoms with E-state index in [9.17, 15) is 9.59 Å². The molecule has 0 spiro atoms. The second kappa shape index (κ2) is 6.70. The highest BCUT2D eigenvalue weighted by Gasteiger charge is 2.40. The van der Waals surface area contributed by atoms with Gasteiger partial charge >= 0.3 is 0 Å². The summed E-state index contributed by atoms with van der Waals surface area (Å²) in [7, 11) is 0. The lowest BCUT2D eigenvalue weighted by atomic mass is 10.1. The summed E-state index contributed by atoms with van der Waals surface area (Å²) < 4.78 is 5.43. The van der Waals surface area contributed by atoms with Crippen LogP contribution in [0.2, 0.25) is 0 Å². The quantitative estimate of drug-likeness (QED) is 0.545. The molecule has 2 amide bonds. The van der Waals surface area contributed by atoms with Crippen LogP contribution >= 0.6 is 0 Å². The fourth-order valence-corrected chi connectivity index (χ4v) is 2.27. The molecule has 1 atom stereocenters. The van der Waals surface area contributed by atoms with Crippen molar-refractivity contribution >= 4 is 11.8 Å². The van der Waals surface area contributed by atoms with Crippen molar-refractivity contribution in [1.29, 1.82) is 0 Å². The van der Waals surface area contributed by atoms with Crippen LogP contribution in [0.15, 0.2) is 12.7 Å². The first kappa shape index (κ1) is 14.1. The predicted octanol–water partition coefficient (Wildman–Crippen LogP) is 0.706. The molecule has 5 nitrogen and oxygen atoms in total. The van der Waals surface area contributed by atoms with E-state index in [-0.39, 0.29) is 17.9 Å². The Bertz CT molecular complexity index is 353. The van der Waals surface area contributed by atoms with Crippen molar-refractivity contribution in [2.75, 3.05) is 26.3 Å². The number of nitrogens with one attached hydrogen (secondary N) is 1. The first-order chi connectivity index (χ1) is 9.22. The van der Waals surface area contributed by atoms with E-state index in [2.05, 4.69) is 11.9 Å². The summed E-state index contributed by atoms with van der Waals surface area (Å²) in [5, 5.41) is 2.85. The van der Waals surface area contributed by atoms with Crippen molar-refractivity contribution in [2.45, 2.75) is 31.7 Å². The molecule has 0 aromatic rings. The highest BCUT2D eigenvalue weighted by molar-refractivity contribution is 5.90. The highest BCUT2D eigenvalue weighted by atomic mass is 16.5. The largest absolute Gasteiger partial charge is 0.379 e. The van der Waals surface area contributed by atoms with Crippen molar-refractivity contribution < 1.29 is 14.3 Å². The Morgan fingerprint density at radius 1 is 1.37 bits per heavy atom. The monoisotopic (exact) mass is 266 g/mol. The summed E-state index contributed by atoms with van der Waals surface area (Å²) in [6.45, 7) is 5.84. The minimum Gasteiger partial charge on any atom is -0.379 e. The van der Waals surface area contributed by atoms with Crippen LogP contribution in [0.25, 0.3) is 0 Å². The molecular formula is C14H22N2O3. The molecule has 1 heterocycles. The number of carbonyl (C=O) groups excluding carboxylic acids is 2. The zero-order chi connectivity index (χ0) is 13.7. The molecule has 106 valence electrons. The van der Waals surface area contributed by atoms with Gasteiger partial charge in [0, 0.05) is 19.5 Å². The van der Waals surface area contributed by atoms with Crippen LogP contribution in [0, 0.1) is 5.92 Å². The Hall–Kier alpha value is -1.36. The maximum atomic E-state index is 12.3. The molecular weight excluding hydrogens is 244 g/mol. The summed E-state index contributed by atoms with van der Waals surface area (Å²) in [4.78, 5) is 25.7. The normalized spacial score (nSPS) is 24.0. The number of rotatable bonds is 7. The topological polar surface area (TPSA) is 58.6 Å². The van der Waals surface area contributed by atoms with Gasteiger partial charge in [-0.1, -0.05) is 6.08 Å². The molecule has 1 aliphatic carbocycles. The molecule has 1 saturated carbocycles. The third-order valence-electron chi connectivity index (χ3n) is 3.57. The molecule has 1 N–H and O–H groups in total. The van der Waals surface area contributed by atoms with Gasteiger partial charge in [0.1, 0.15) is 6.04 Å². The molecule has 0 radical (unpaired) electrons. The third kappa shape index (κ3) is 4.06. The number of hydrogen-bond donors (Lipinski definition) is 1. The number of ether oxygens (including phenoxy) is 1. The van der Waals surface area contributed by atoms with Gasteiger partial charge in [0.25, 0.3) is 0 Å². The van der Waals surface area contributed by atoms with Gasteiger partial charge in [0.15, 0.2) is 0 Å². The Balaban J connectivity index is 1.82. The molecule has 1 unspecified atom stereocenters. The average Bonchev–Trinajstić information content (AvgIpc) is 3.22. The van der Waals surface area contributed by atoms with E-state index in [1.807, 2.05) is 6.08 Å². The molecule has 1 saturated heterocycles. The minimum absolute atomic E-state index is 0.0136. The fraction of sp³-hybridized carbons (Fsp3) is 0.714. The fourth-order valence-electron chi connectivity index (χ4n) is 2.27. The predicted molar refractivity (Wildman–Crippen MR) is 71.5 cm³/mol. The van der Waals surface area contributed by atoms with Crippen molar-refractivity contribution in [3.8, 4) is 0 Å². The van der Waals surface area contributed by atoms with Crippen LogP contribution in [0.4, 0.5) is 0 Å². The van der Waals surface area contributed by atoms with Gasteiger partial charge in [-0.3, -0.25) is 9.59 Å². The molecule has 2 aliphatic rings. The molecule has 2 rings (SSSR count). The lowest BCUT2D eigenvalue weighted by molar-refractivity contribution is -0.134. The Morgan fingerprint density at radius 2 is 2.16 bits per heavy atom. The van der Waals surface area contributed by atoms with Crippen molar-refractivity contribution in [3.05, 3.63) is 12.7 Å².